The number of carbonyl (C=O) groups excluding carboxylic acids is 1. The first-order chi connectivity index (χ1) is 9.86. The highest BCUT2D eigenvalue weighted by molar-refractivity contribution is 7.21. The fraction of sp³-hybridized carbons (Fsp3) is 0.538. The van der Waals surface area contributed by atoms with Gasteiger partial charge in [0, 0.05) is 27.7 Å². The monoisotopic (exact) mass is 312 g/mol. The van der Waals surface area contributed by atoms with Gasteiger partial charge >= 0.3 is 0 Å². The van der Waals surface area contributed by atoms with E-state index < -0.39 is 6.10 Å². The molecule has 0 aliphatic carbocycles. The summed E-state index contributed by atoms with van der Waals surface area (Å²) in [7, 11) is 4.96. The fourth-order valence-electron chi connectivity index (χ4n) is 2.31. The van der Waals surface area contributed by atoms with Gasteiger partial charge in [-0.1, -0.05) is 0 Å². The zero-order valence-corrected chi connectivity index (χ0v) is 13.4. The first-order valence-electron chi connectivity index (χ1n) is 6.50. The van der Waals surface area contributed by atoms with E-state index in [1.165, 1.54) is 23.3 Å². The summed E-state index contributed by atoms with van der Waals surface area (Å²) in [6, 6.07) is 0. The highest BCUT2D eigenvalue weighted by Crippen LogP contribution is 2.35. The second kappa shape index (κ2) is 6.00. The molecule has 2 aromatic heterocycles. The minimum atomic E-state index is -0.719. The van der Waals surface area contributed by atoms with Crippen LogP contribution in [0.15, 0.2) is 0 Å². The van der Waals surface area contributed by atoms with E-state index in [0.29, 0.717) is 10.6 Å². The van der Waals surface area contributed by atoms with Crippen LogP contribution in [0, 0.1) is 6.92 Å². The quantitative estimate of drug-likeness (QED) is 0.843. The standard InChI is InChI=1S/C13H20N4O3S/c1-7-9-10(14)11(21-13(9)17(3)15-7)12(19)16(2)5-8(18)6-20-4/h8,18H,5-6,14H2,1-4H3. The molecular weight excluding hydrogens is 292 g/mol. The number of aliphatic hydroxyl groups excluding tert-OH is 1. The number of carbonyl (C=O) groups is 1. The lowest BCUT2D eigenvalue weighted by Gasteiger charge is -2.20. The highest BCUT2D eigenvalue weighted by atomic mass is 32.1. The number of amides is 1. The predicted molar refractivity (Wildman–Crippen MR) is 82.6 cm³/mol. The Balaban J connectivity index is 2.27. The number of thiophene rings is 1. The highest BCUT2D eigenvalue weighted by Gasteiger charge is 2.24. The second-order valence-electron chi connectivity index (χ2n) is 5.03. The van der Waals surface area contributed by atoms with E-state index in [0.717, 1.165) is 15.9 Å². The summed E-state index contributed by atoms with van der Waals surface area (Å²) < 4.78 is 6.58. The van der Waals surface area contributed by atoms with Crippen LogP contribution in [0.4, 0.5) is 5.69 Å². The van der Waals surface area contributed by atoms with Gasteiger partial charge in [-0.05, 0) is 6.92 Å². The zero-order chi connectivity index (χ0) is 15.7. The van der Waals surface area contributed by atoms with Crippen molar-refractivity contribution in [1.29, 1.82) is 0 Å². The third kappa shape index (κ3) is 2.87. The molecule has 116 valence electrons. The predicted octanol–water partition coefficient (Wildman–Crippen LogP) is 0.605. The number of nitrogen functional groups attached to an aromatic ring is 1. The van der Waals surface area contributed by atoms with Crippen molar-refractivity contribution in [2.75, 3.05) is 33.0 Å². The Morgan fingerprint density at radius 3 is 2.86 bits per heavy atom. The molecule has 0 aliphatic heterocycles. The lowest BCUT2D eigenvalue weighted by atomic mass is 10.2. The molecular formula is C13H20N4O3S. The van der Waals surface area contributed by atoms with Crippen molar-refractivity contribution < 1.29 is 14.6 Å². The van der Waals surface area contributed by atoms with E-state index in [4.69, 9.17) is 10.5 Å². The van der Waals surface area contributed by atoms with E-state index in [2.05, 4.69) is 5.10 Å². The number of aliphatic hydroxyl groups is 1. The van der Waals surface area contributed by atoms with Gasteiger partial charge in [0.25, 0.3) is 5.91 Å². The summed E-state index contributed by atoms with van der Waals surface area (Å²) in [6.45, 7) is 2.24. The Hall–Kier alpha value is -1.64. The van der Waals surface area contributed by atoms with Crippen LogP contribution in [0.2, 0.25) is 0 Å². The van der Waals surface area contributed by atoms with E-state index in [9.17, 15) is 9.90 Å². The smallest absolute Gasteiger partial charge is 0.265 e. The number of anilines is 1. The number of methoxy groups -OCH3 is 1. The lowest BCUT2D eigenvalue weighted by Crippen LogP contribution is -2.36. The molecule has 21 heavy (non-hydrogen) atoms. The SMILES string of the molecule is COCC(O)CN(C)C(=O)c1sc2c(c(C)nn2C)c1N. The average Bonchev–Trinajstić information content (AvgIpc) is 2.88. The minimum Gasteiger partial charge on any atom is -0.397 e. The maximum Gasteiger partial charge on any atom is 0.265 e. The maximum atomic E-state index is 12.5. The van der Waals surface area contributed by atoms with E-state index in [-0.39, 0.29) is 19.1 Å². The summed E-state index contributed by atoms with van der Waals surface area (Å²) in [5.41, 5.74) is 7.37. The Kier molecular flexibility index (Phi) is 4.50. The van der Waals surface area contributed by atoms with Gasteiger partial charge in [-0.3, -0.25) is 9.48 Å². The van der Waals surface area contributed by atoms with E-state index in [1.807, 2.05) is 14.0 Å². The third-order valence-corrected chi connectivity index (χ3v) is 4.53. The zero-order valence-electron chi connectivity index (χ0n) is 12.6. The number of aromatic nitrogens is 2. The summed E-state index contributed by atoms with van der Waals surface area (Å²) in [6.07, 6.45) is -0.719. The van der Waals surface area contributed by atoms with Gasteiger partial charge in [-0.2, -0.15) is 5.10 Å². The second-order valence-corrected chi connectivity index (χ2v) is 6.03. The number of ether oxygens (including phenoxy) is 1. The van der Waals surface area contributed by atoms with Crippen LogP contribution in [0.25, 0.3) is 10.2 Å². The topological polar surface area (TPSA) is 93.6 Å². The molecule has 0 saturated heterocycles. The molecule has 0 aromatic carbocycles. The molecule has 0 saturated carbocycles. The molecule has 1 unspecified atom stereocenters. The molecule has 2 rings (SSSR count). The largest absolute Gasteiger partial charge is 0.397 e. The van der Waals surface area contributed by atoms with Gasteiger partial charge in [0.15, 0.2) is 0 Å². The number of hydrogen-bond donors (Lipinski definition) is 2. The molecule has 1 amide bonds. The summed E-state index contributed by atoms with van der Waals surface area (Å²) in [5.74, 6) is -0.205. The van der Waals surface area contributed by atoms with Gasteiger partial charge in [0.05, 0.1) is 29.5 Å². The number of hydrogen-bond acceptors (Lipinski definition) is 6. The van der Waals surface area contributed by atoms with Crippen molar-refractivity contribution in [2.24, 2.45) is 7.05 Å². The van der Waals surface area contributed by atoms with Gasteiger partial charge in [0.2, 0.25) is 0 Å². The number of fused-ring (bicyclic) bond motifs is 1. The van der Waals surface area contributed by atoms with Crippen LogP contribution in [-0.4, -0.2) is 59.1 Å². The van der Waals surface area contributed by atoms with Crippen molar-refractivity contribution in [3.63, 3.8) is 0 Å². The van der Waals surface area contributed by atoms with E-state index in [1.54, 1.807) is 11.7 Å². The van der Waals surface area contributed by atoms with Crippen molar-refractivity contribution in [3.05, 3.63) is 10.6 Å². The molecule has 2 aromatic rings. The summed E-state index contributed by atoms with van der Waals surface area (Å²) in [5, 5.41) is 14.8. The maximum absolute atomic E-state index is 12.5. The van der Waals surface area contributed by atoms with Crippen LogP contribution >= 0.6 is 11.3 Å². The van der Waals surface area contributed by atoms with Gasteiger partial charge < -0.3 is 20.5 Å². The molecule has 0 fully saturated rings. The lowest BCUT2D eigenvalue weighted by molar-refractivity contribution is 0.0382. The van der Waals surface area contributed by atoms with Gasteiger partial charge in [-0.25, -0.2) is 0 Å². The Morgan fingerprint density at radius 1 is 1.62 bits per heavy atom. The van der Waals surface area contributed by atoms with Gasteiger partial charge in [-0.15, -0.1) is 11.3 Å². The Bertz CT molecular complexity index is 664. The van der Waals surface area contributed by atoms with Gasteiger partial charge in [0.1, 0.15) is 9.71 Å². The number of nitrogens with zero attached hydrogens (tertiary/aromatic N) is 3. The minimum absolute atomic E-state index is 0.183. The number of nitrogens with two attached hydrogens (primary N) is 1. The first kappa shape index (κ1) is 15.7. The molecule has 2 heterocycles. The molecule has 0 radical (unpaired) electrons. The van der Waals surface area contributed by atoms with Crippen LogP contribution in [0.5, 0.6) is 0 Å². The van der Waals surface area contributed by atoms with Crippen molar-refractivity contribution in [1.82, 2.24) is 14.7 Å². The summed E-state index contributed by atoms with van der Waals surface area (Å²) >= 11 is 1.32. The molecule has 7 nitrogen and oxygen atoms in total. The number of aryl methyl sites for hydroxylation is 2. The molecule has 0 aliphatic rings. The van der Waals surface area contributed by atoms with Crippen LogP contribution in [-0.2, 0) is 11.8 Å². The Labute approximate surface area is 126 Å². The molecule has 0 bridgehead atoms. The molecule has 1 atom stereocenters. The normalized spacial score (nSPS) is 12.8. The average molecular weight is 312 g/mol. The molecule has 0 spiro atoms. The third-order valence-electron chi connectivity index (χ3n) is 3.27. The van der Waals surface area contributed by atoms with Crippen LogP contribution in [0.1, 0.15) is 15.4 Å². The molecule has 3 N–H and O–H groups in total. The van der Waals surface area contributed by atoms with Crippen molar-refractivity contribution in [3.8, 4) is 0 Å². The first-order valence-corrected chi connectivity index (χ1v) is 7.32. The van der Waals surface area contributed by atoms with Crippen molar-refractivity contribution >= 4 is 33.1 Å². The van der Waals surface area contributed by atoms with Crippen LogP contribution in [0.3, 0.4) is 0 Å². The molecule has 8 heteroatoms. The van der Waals surface area contributed by atoms with Crippen molar-refractivity contribution in [2.45, 2.75) is 13.0 Å². The fourth-order valence-corrected chi connectivity index (χ4v) is 3.49. The summed E-state index contributed by atoms with van der Waals surface area (Å²) in [4.78, 5) is 15.3. The Morgan fingerprint density at radius 2 is 2.29 bits per heavy atom. The number of likely N-dealkylation sites (N-methyl/N-ethyl adjacent to an activating group) is 1. The number of rotatable bonds is 5. The van der Waals surface area contributed by atoms with E-state index >= 15 is 0 Å². The van der Waals surface area contributed by atoms with Crippen LogP contribution < -0.4 is 5.73 Å².